The third kappa shape index (κ3) is 4.96. The summed E-state index contributed by atoms with van der Waals surface area (Å²) >= 11 is 0. The first kappa shape index (κ1) is 22.6. The van der Waals surface area contributed by atoms with Crippen LogP contribution in [0, 0.1) is 23.7 Å². The molecule has 3 aliphatic rings. The second-order valence-electron chi connectivity index (χ2n) is 9.25. The first-order valence-electron chi connectivity index (χ1n) is 10.6. The van der Waals surface area contributed by atoms with E-state index in [0.29, 0.717) is 19.4 Å². The Bertz CT molecular complexity index is 706. The number of hydrogen-bond donors (Lipinski definition) is 0. The Morgan fingerprint density at radius 1 is 1.10 bits per heavy atom. The normalized spacial score (nSPS) is 31.8. The summed E-state index contributed by atoms with van der Waals surface area (Å²) in [6, 6.07) is 0. The number of epoxide rings is 1. The number of rotatable bonds is 8. The second kappa shape index (κ2) is 8.96. The molecule has 0 bridgehead atoms. The Labute approximate surface area is 177 Å². The predicted octanol–water partition coefficient (Wildman–Crippen LogP) is 2.74. The van der Waals surface area contributed by atoms with Crippen molar-refractivity contribution < 1.29 is 38.1 Å². The van der Waals surface area contributed by atoms with Gasteiger partial charge in [0.1, 0.15) is 18.3 Å². The maximum atomic E-state index is 12.3. The second-order valence-corrected chi connectivity index (χ2v) is 9.25. The van der Waals surface area contributed by atoms with Gasteiger partial charge < -0.3 is 23.7 Å². The summed E-state index contributed by atoms with van der Waals surface area (Å²) in [5, 5.41) is 0. The summed E-state index contributed by atoms with van der Waals surface area (Å²) in [6.45, 7) is 9.62. The Kier molecular flexibility index (Phi) is 6.75. The van der Waals surface area contributed by atoms with Crippen LogP contribution in [0.4, 0.5) is 0 Å². The van der Waals surface area contributed by atoms with Crippen LogP contribution in [0.15, 0.2) is 11.8 Å². The standard InChI is InChI=1S/C22H32O8/c1-12(2)6-18(24)26-9-15-10-27-21(30-19(25)7-13(3)4)20-16(15)8-17(29-14(5)23)22(20)11-28-22/h10,12-13,16-17,20-21H,6-9,11H2,1-5H3/t16-,17+,20-,21+,22-/m0/s1. The summed E-state index contributed by atoms with van der Waals surface area (Å²) in [5.41, 5.74) is 0.0402. The lowest BCUT2D eigenvalue weighted by atomic mass is 9.83. The van der Waals surface area contributed by atoms with Gasteiger partial charge in [0, 0.05) is 31.3 Å². The molecule has 8 nitrogen and oxygen atoms in total. The van der Waals surface area contributed by atoms with Gasteiger partial charge >= 0.3 is 17.9 Å². The lowest BCUT2D eigenvalue weighted by molar-refractivity contribution is -0.192. The van der Waals surface area contributed by atoms with E-state index in [2.05, 4.69) is 0 Å². The molecular formula is C22H32O8. The summed E-state index contributed by atoms with van der Waals surface area (Å²) in [7, 11) is 0. The minimum atomic E-state index is -0.834. The average Bonchev–Trinajstić information content (AvgIpc) is 3.33. The van der Waals surface area contributed by atoms with Crippen LogP contribution in [0.1, 0.15) is 53.9 Å². The molecule has 8 heteroatoms. The molecule has 2 aliphatic heterocycles. The van der Waals surface area contributed by atoms with Crippen LogP contribution in [0.25, 0.3) is 0 Å². The highest BCUT2D eigenvalue weighted by atomic mass is 16.7. The Balaban J connectivity index is 1.77. The van der Waals surface area contributed by atoms with Crippen LogP contribution in [0.2, 0.25) is 0 Å². The lowest BCUT2D eigenvalue weighted by Gasteiger charge is -2.35. The fourth-order valence-corrected chi connectivity index (χ4v) is 4.38. The zero-order valence-electron chi connectivity index (χ0n) is 18.3. The quantitative estimate of drug-likeness (QED) is 0.333. The van der Waals surface area contributed by atoms with Gasteiger partial charge in [-0.25, -0.2) is 0 Å². The lowest BCUT2D eigenvalue weighted by Crippen LogP contribution is -2.45. The molecule has 0 N–H and O–H groups in total. The van der Waals surface area contributed by atoms with Crippen LogP contribution in [-0.2, 0) is 38.1 Å². The molecule has 1 saturated carbocycles. The highest BCUT2D eigenvalue weighted by molar-refractivity contribution is 5.70. The molecule has 5 atom stereocenters. The van der Waals surface area contributed by atoms with Crippen molar-refractivity contribution in [3.05, 3.63) is 11.8 Å². The summed E-state index contributed by atoms with van der Waals surface area (Å²) in [6.07, 6.45) is 1.33. The smallest absolute Gasteiger partial charge is 0.309 e. The molecule has 0 amide bonds. The van der Waals surface area contributed by atoms with E-state index in [4.69, 9.17) is 23.7 Å². The molecule has 0 aromatic heterocycles. The molecule has 1 aliphatic carbocycles. The Morgan fingerprint density at radius 3 is 2.30 bits per heavy atom. The predicted molar refractivity (Wildman–Crippen MR) is 105 cm³/mol. The van der Waals surface area contributed by atoms with E-state index in [1.54, 1.807) is 0 Å². The zero-order valence-corrected chi connectivity index (χ0v) is 18.3. The Morgan fingerprint density at radius 2 is 1.73 bits per heavy atom. The molecule has 0 unspecified atom stereocenters. The minimum Gasteiger partial charge on any atom is -0.462 e. The third-order valence-corrected chi connectivity index (χ3v) is 5.72. The van der Waals surface area contributed by atoms with Crippen molar-refractivity contribution in [3.63, 3.8) is 0 Å². The zero-order chi connectivity index (χ0) is 22.1. The van der Waals surface area contributed by atoms with Gasteiger partial charge in [0.25, 0.3) is 0 Å². The van der Waals surface area contributed by atoms with Crippen molar-refractivity contribution in [2.45, 2.75) is 71.9 Å². The van der Waals surface area contributed by atoms with Crippen LogP contribution in [0.5, 0.6) is 0 Å². The molecule has 1 spiro atoms. The maximum Gasteiger partial charge on any atom is 0.309 e. The number of hydrogen-bond acceptors (Lipinski definition) is 8. The summed E-state index contributed by atoms with van der Waals surface area (Å²) < 4.78 is 28.2. The van der Waals surface area contributed by atoms with Gasteiger partial charge in [0.15, 0.2) is 0 Å². The van der Waals surface area contributed by atoms with Crippen molar-refractivity contribution in [2.24, 2.45) is 23.7 Å². The first-order valence-corrected chi connectivity index (χ1v) is 10.6. The maximum absolute atomic E-state index is 12.3. The fraction of sp³-hybridized carbons (Fsp3) is 0.773. The van der Waals surface area contributed by atoms with E-state index in [1.165, 1.54) is 13.2 Å². The van der Waals surface area contributed by atoms with Crippen molar-refractivity contribution in [1.82, 2.24) is 0 Å². The number of esters is 3. The fourth-order valence-electron chi connectivity index (χ4n) is 4.38. The molecule has 0 aromatic carbocycles. The molecule has 30 heavy (non-hydrogen) atoms. The van der Waals surface area contributed by atoms with Crippen molar-refractivity contribution in [2.75, 3.05) is 13.2 Å². The first-order chi connectivity index (χ1) is 14.1. The summed E-state index contributed by atoms with van der Waals surface area (Å²) in [4.78, 5) is 35.9. The van der Waals surface area contributed by atoms with Gasteiger partial charge in [0.05, 0.1) is 18.8 Å². The van der Waals surface area contributed by atoms with E-state index in [-0.39, 0.29) is 48.6 Å². The average molecular weight is 424 g/mol. The third-order valence-electron chi connectivity index (χ3n) is 5.72. The van der Waals surface area contributed by atoms with Gasteiger partial charge in [-0.1, -0.05) is 27.7 Å². The molecule has 1 saturated heterocycles. The highest BCUT2D eigenvalue weighted by Crippen LogP contribution is 2.57. The number of carbonyl (C=O) groups excluding carboxylic acids is 3. The molecular weight excluding hydrogens is 392 g/mol. The Hall–Kier alpha value is -2.09. The van der Waals surface area contributed by atoms with E-state index >= 15 is 0 Å². The number of carbonyl (C=O) groups is 3. The van der Waals surface area contributed by atoms with Gasteiger partial charge in [-0.05, 0) is 18.3 Å². The molecule has 168 valence electrons. The van der Waals surface area contributed by atoms with Crippen LogP contribution in [0.3, 0.4) is 0 Å². The molecule has 3 rings (SSSR count). The van der Waals surface area contributed by atoms with Crippen LogP contribution < -0.4 is 0 Å². The topological polar surface area (TPSA) is 101 Å². The van der Waals surface area contributed by atoms with Crippen LogP contribution in [-0.4, -0.2) is 49.1 Å². The molecule has 0 radical (unpaired) electrons. The van der Waals surface area contributed by atoms with Crippen molar-refractivity contribution in [1.29, 1.82) is 0 Å². The van der Waals surface area contributed by atoms with Crippen molar-refractivity contribution >= 4 is 17.9 Å². The van der Waals surface area contributed by atoms with Crippen molar-refractivity contribution in [3.8, 4) is 0 Å². The molecule has 2 fully saturated rings. The number of fused-ring (bicyclic) bond motifs is 2. The van der Waals surface area contributed by atoms with E-state index < -0.39 is 24.0 Å². The van der Waals surface area contributed by atoms with E-state index in [0.717, 1.165) is 5.57 Å². The van der Waals surface area contributed by atoms with Gasteiger partial charge in [-0.2, -0.15) is 0 Å². The highest BCUT2D eigenvalue weighted by Gasteiger charge is 2.70. The van der Waals surface area contributed by atoms with E-state index in [1.807, 2.05) is 27.7 Å². The van der Waals surface area contributed by atoms with Gasteiger partial charge in [0.2, 0.25) is 6.29 Å². The number of ether oxygens (including phenoxy) is 5. The van der Waals surface area contributed by atoms with Gasteiger partial charge in [-0.15, -0.1) is 0 Å². The van der Waals surface area contributed by atoms with Crippen LogP contribution >= 0.6 is 0 Å². The SMILES string of the molecule is CC(=O)O[C@@H]1C[C@H]2C(COC(=O)CC(C)C)=CO[C@H](OC(=O)CC(C)C)[C@H]2[C@]12CO2. The molecule has 0 aromatic rings. The minimum absolute atomic E-state index is 0.0856. The largest absolute Gasteiger partial charge is 0.462 e. The monoisotopic (exact) mass is 424 g/mol. The summed E-state index contributed by atoms with van der Waals surface area (Å²) in [5.74, 6) is -1.13. The van der Waals surface area contributed by atoms with Gasteiger partial charge in [-0.3, -0.25) is 14.4 Å². The van der Waals surface area contributed by atoms with E-state index in [9.17, 15) is 14.4 Å². The molecule has 2 heterocycles.